The summed E-state index contributed by atoms with van der Waals surface area (Å²) in [6.07, 6.45) is 2.89. The lowest BCUT2D eigenvalue weighted by atomic mass is 10.2. The lowest BCUT2D eigenvalue weighted by Crippen LogP contribution is -1.94. The van der Waals surface area contributed by atoms with Gasteiger partial charge in [0.2, 0.25) is 5.88 Å². The highest BCUT2D eigenvalue weighted by atomic mass is 16.5. The van der Waals surface area contributed by atoms with Crippen molar-refractivity contribution in [2.24, 2.45) is 0 Å². The predicted molar refractivity (Wildman–Crippen MR) is 60.4 cm³/mol. The first kappa shape index (κ1) is 11.5. The Morgan fingerprint density at radius 2 is 1.94 bits per heavy atom. The lowest BCUT2D eigenvalue weighted by molar-refractivity contribution is 0.275. The van der Waals surface area contributed by atoms with E-state index in [1.54, 1.807) is 24.3 Å². The molecule has 5 nitrogen and oxygen atoms in total. The van der Waals surface area contributed by atoms with Gasteiger partial charge in [0.15, 0.2) is 0 Å². The molecule has 2 rings (SSSR count). The summed E-state index contributed by atoms with van der Waals surface area (Å²) in [4.78, 5) is 7.94. The van der Waals surface area contributed by atoms with Crippen LogP contribution in [0.2, 0.25) is 0 Å². The highest BCUT2D eigenvalue weighted by Crippen LogP contribution is 2.19. The van der Waals surface area contributed by atoms with Crippen LogP contribution in [0.25, 0.3) is 0 Å². The van der Waals surface area contributed by atoms with Crippen molar-refractivity contribution in [1.82, 2.24) is 9.97 Å². The zero-order valence-electron chi connectivity index (χ0n) is 9.08. The maximum Gasteiger partial charge on any atom is 0.237 e. The minimum atomic E-state index is -0.146. The summed E-state index contributed by atoms with van der Waals surface area (Å²) >= 11 is 0. The Bertz CT molecular complexity index is 485. The van der Waals surface area contributed by atoms with Crippen molar-refractivity contribution in [3.8, 4) is 11.6 Å². The van der Waals surface area contributed by atoms with Crippen molar-refractivity contribution >= 4 is 0 Å². The summed E-state index contributed by atoms with van der Waals surface area (Å²) in [7, 11) is 0. The molecule has 88 valence electrons. The number of aliphatic hydroxyl groups excluding tert-OH is 2. The van der Waals surface area contributed by atoms with Gasteiger partial charge < -0.3 is 14.9 Å². The first-order valence-corrected chi connectivity index (χ1v) is 5.11. The van der Waals surface area contributed by atoms with E-state index >= 15 is 0 Å². The number of rotatable bonds is 4. The summed E-state index contributed by atoms with van der Waals surface area (Å²) in [5, 5.41) is 17.8. The van der Waals surface area contributed by atoms with Crippen LogP contribution in [0, 0.1) is 0 Å². The van der Waals surface area contributed by atoms with Crippen molar-refractivity contribution in [1.29, 1.82) is 0 Å². The Labute approximate surface area is 98.4 Å². The first-order chi connectivity index (χ1) is 8.31. The summed E-state index contributed by atoms with van der Waals surface area (Å²) in [5.41, 5.74) is 1.25. The molecule has 1 heterocycles. The number of hydrogen-bond acceptors (Lipinski definition) is 5. The van der Waals surface area contributed by atoms with Gasteiger partial charge in [0, 0.05) is 0 Å². The normalized spacial score (nSPS) is 10.2. The Kier molecular flexibility index (Phi) is 3.64. The number of ether oxygens (including phenoxy) is 1. The Morgan fingerprint density at radius 1 is 1.06 bits per heavy atom. The van der Waals surface area contributed by atoms with E-state index in [0.29, 0.717) is 17.3 Å². The van der Waals surface area contributed by atoms with Crippen LogP contribution in [0.1, 0.15) is 11.3 Å². The second-order valence-corrected chi connectivity index (χ2v) is 3.41. The number of benzene rings is 1. The number of hydrogen-bond donors (Lipinski definition) is 2. The predicted octanol–water partition coefficient (Wildman–Crippen LogP) is 1.25. The molecule has 1 aromatic carbocycles. The minimum Gasteiger partial charge on any atom is -0.437 e. The van der Waals surface area contributed by atoms with Crippen LogP contribution in [-0.4, -0.2) is 20.2 Å². The monoisotopic (exact) mass is 232 g/mol. The SMILES string of the molecule is OCc1cccc(Oc2cnc(CO)cn2)c1. The third-order valence-electron chi connectivity index (χ3n) is 2.15. The fraction of sp³-hybridized carbons (Fsp3) is 0.167. The smallest absolute Gasteiger partial charge is 0.237 e. The molecule has 0 fully saturated rings. The van der Waals surface area contributed by atoms with Gasteiger partial charge in [0.05, 0.1) is 31.3 Å². The van der Waals surface area contributed by atoms with Gasteiger partial charge in [-0.15, -0.1) is 0 Å². The molecule has 0 spiro atoms. The number of nitrogens with zero attached hydrogens (tertiary/aromatic N) is 2. The zero-order valence-corrected chi connectivity index (χ0v) is 9.08. The van der Waals surface area contributed by atoms with Crippen LogP contribution in [0.5, 0.6) is 11.6 Å². The van der Waals surface area contributed by atoms with Gasteiger partial charge in [-0.25, -0.2) is 4.98 Å². The van der Waals surface area contributed by atoms with Crippen molar-refractivity contribution in [3.63, 3.8) is 0 Å². The Morgan fingerprint density at radius 3 is 2.59 bits per heavy atom. The Balaban J connectivity index is 2.13. The van der Waals surface area contributed by atoms with Gasteiger partial charge in [-0.2, -0.15) is 0 Å². The molecule has 0 unspecified atom stereocenters. The van der Waals surface area contributed by atoms with Gasteiger partial charge in [-0.05, 0) is 17.7 Å². The molecule has 0 saturated carbocycles. The summed E-state index contributed by atoms with van der Waals surface area (Å²) in [5.74, 6) is 0.930. The molecule has 0 saturated heterocycles. The molecule has 1 aromatic heterocycles. The van der Waals surface area contributed by atoms with Crippen molar-refractivity contribution < 1.29 is 14.9 Å². The molecule has 0 radical (unpaired) electrons. The van der Waals surface area contributed by atoms with Crippen molar-refractivity contribution in [3.05, 3.63) is 47.9 Å². The van der Waals surface area contributed by atoms with Crippen LogP contribution < -0.4 is 4.74 Å². The van der Waals surface area contributed by atoms with Crippen LogP contribution in [-0.2, 0) is 13.2 Å². The highest BCUT2D eigenvalue weighted by molar-refractivity contribution is 5.30. The van der Waals surface area contributed by atoms with Crippen LogP contribution in [0.3, 0.4) is 0 Å². The molecular formula is C12H12N2O3. The zero-order chi connectivity index (χ0) is 12.1. The van der Waals surface area contributed by atoms with E-state index in [1.165, 1.54) is 12.4 Å². The van der Waals surface area contributed by atoms with Crippen LogP contribution in [0.4, 0.5) is 0 Å². The van der Waals surface area contributed by atoms with Crippen molar-refractivity contribution in [2.75, 3.05) is 0 Å². The largest absolute Gasteiger partial charge is 0.437 e. The molecular weight excluding hydrogens is 220 g/mol. The standard InChI is InChI=1S/C12H12N2O3/c15-7-9-2-1-3-11(4-9)17-12-6-13-10(8-16)5-14-12/h1-6,15-16H,7-8H2. The highest BCUT2D eigenvalue weighted by Gasteiger charge is 2.01. The Hall–Kier alpha value is -1.98. The molecule has 0 aliphatic rings. The summed E-state index contributed by atoms with van der Waals surface area (Å²) < 4.78 is 5.45. The van der Waals surface area contributed by atoms with E-state index in [9.17, 15) is 0 Å². The van der Waals surface area contributed by atoms with E-state index in [2.05, 4.69) is 9.97 Å². The minimum absolute atomic E-state index is 0.0354. The molecule has 0 aliphatic carbocycles. The molecule has 0 bridgehead atoms. The average molecular weight is 232 g/mol. The van der Waals surface area contributed by atoms with Gasteiger partial charge in [-0.3, -0.25) is 4.98 Å². The second kappa shape index (κ2) is 5.38. The molecule has 0 amide bonds. The topological polar surface area (TPSA) is 75.5 Å². The number of aliphatic hydroxyl groups is 2. The van der Waals surface area contributed by atoms with E-state index in [0.717, 1.165) is 5.56 Å². The molecule has 0 aliphatic heterocycles. The first-order valence-electron chi connectivity index (χ1n) is 5.11. The average Bonchev–Trinajstić information content (AvgIpc) is 2.40. The molecule has 2 N–H and O–H groups in total. The third kappa shape index (κ3) is 2.99. The quantitative estimate of drug-likeness (QED) is 0.829. The van der Waals surface area contributed by atoms with E-state index in [1.807, 2.05) is 0 Å². The van der Waals surface area contributed by atoms with Crippen LogP contribution >= 0.6 is 0 Å². The maximum absolute atomic E-state index is 8.99. The fourth-order valence-corrected chi connectivity index (χ4v) is 1.31. The third-order valence-corrected chi connectivity index (χ3v) is 2.15. The maximum atomic E-state index is 8.99. The van der Waals surface area contributed by atoms with Gasteiger partial charge in [-0.1, -0.05) is 12.1 Å². The molecule has 2 aromatic rings. The van der Waals surface area contributed by atoms with E-state index in [4.69, 9.17) is 14.9 Å². The second-order valence-electron chi connectivity index (χ2n) is 3.41. The van der Waals surface area contributed by atoms with Gasteiger partial charge in [0.1, 0.15) is 5.75 Å². The van der Waals surface area contributed by atoms with E-state index in [-0.39, 0.29) is 13.2 Å². The van der Waals surface area contributed by atoms with Crippen molar-refractivity contribution in [2.45, 2.75) is 13.2 Å². The van der Waals surface area contributed by atoms with E-state index < -0.39 is 0 Å². The van der Waals surface area contributed by atoms with Gasteiger partial charge >= 0.3 is 0 Å². The fourth-order valence-electron chi connectivity index (χ4n) is 1.31. The van der Waals surface area contributed by atoms with Gasteiger partial charge in [0.25, 0.3) is 0 Å². The summed E-state index contributed by atoms with van der Waals surface area (Å²) in [6.45, 7) is -0.181. The molecule has 5 heteroatoms. The number of aromatic nitrogens is 2. The lowest BCUT2D eigenvalue weighted by Gasteiger charge is -2.05. The molecule has 0 atom stereocenters. The van der Waals surface area contributed by atoms with Crippen LogP contribution in [0.15, 0.2) is 36.7 Å². The molecule has 17 heavy (non-hydrogen) atoms. The summed E-state index contributed by atoms with van der Waals surface area (Å²) in [6, 6.07) is 7.08.